The maximum Gasteiger partial charge on any atom is 0.406 e. The van der Waals surface area contributed by atoms with Gasteiger partial charge in [0, 0.05) is 6.42 Å². The molecule has 0 aliphatic carbocycles. The van der Waals surface area contributed by atoms with Gasteiger partial charge in [-0.05, 0) is 17.2 Å². The van der Waals surface area contributed by atoms with E-state index in [-0.39, 0.29) is 11.6 Å². The molecule has 1 unspecified atom stereocenters. The van der Waals surface area contributed by atoms with Crippen molar-refractivity contribution in [3.8, 4) is 0 Å². The maximum absolute atomic E-state index is 12.5. The molecule has 2 aliphatic rings. The number of hydrogen-bond donors (Lipinski definition) is 1. The van der Waals surface area contributed by atoms with E-state index in [1.165, 1.54) is 0 Å². The summed E-state index contributed by atoms with van der Waals surface area (Å²) < 4.78 is 37.4. The fourth-order valence-electron chi connectivity index (χ4n) is 3.07. The first-order valence-electron chi connectivity index (χ1n) is 8.08. The van der Waals surface area contributed by atoms with E-state index in [0.29, 0.717) is 24.4 Å². The van der Waals surface area contributed by atoms with Crippen LogP contribution in [0.5, 0.6) is 0 Å². The lowest BCUT2D eigenvalue weighted by Crippen LogP contribution is -3.14. The predicted octanol–water partition coefficient (Wildman–Crippen LogP) is 0.669. The number of nitrogens with zero attached hydrogens (tertiary/aromatic N) is 2. The van der Waals surface area contributed by atoms with Crippen molar-refractivity contribution in [2.24, 2.45) is 0 Å². The van der Waals surface area contributed by atoms with Crippen LogP contribution in [0.1, 0.15) is 12.0 Å². The number of quaternary nitrogens is 1. The maximum atomic E-state index is 12.5. The van der Waals surface area contributed by atoms with Crippen LogP contribution >= 0.6 is 0 Å². The number of hydrogen-bond acceptors (Lipinski definition) is 3. The van der Waals surface area contributed by atoms with E-state index in [0.717, 1.165) is 16.0 Å². The van der Waals surface area contributed by atoms with Gasteiger partial charge in [-0.3, -0.25) is 9.59 Å². The molecule has 6 nitrogen and oxygen atoms in total. The van der Waals surface area contributed by atoms with Crippen LogP contribution in [0, 0.1) is 0 Å². The first kappa shape index (κ1) is 18.1. The summed E-state index contributed by atoms with van der Waals surface area (Å²) in [5.41, 5.74) is 2.23. The molecule has 2 aliphatic heterocycles. The number of amides is 4. The van der Waals surface area contributed by atoms with Gasteiger partial charge in [-0.1, -0.05) is 30.3 Å². The molecule has 26 heavy (non-hydrogen) atoms. The molecule has 0 aromatic heterocycles. The van der Waals surface area contributed by atoms with Crippen molar-refractivity contribution in [1.29, 1.82) is 0 Å². The fourth-order valence-corrected chi connectivity index (χ4v) is 3.07. The second kappa shape index (κ2) is 6.91. The minimum absolute atomic E-state index is 0.0447. The molecule has 0 saturated carbocycles. The van der Waals surface area contributed by atoms with E-state index in [4.69, 9.17) is 0 Å². The number of imide groups is 2. The van der Waals surface area contributed by atoms with Crippen LogP contribution in [0.25, 0.3) is 5.57 Å². The highest BCUT2D eigenvalue weighted by molar-refractivity contribution is 6.44. The van der Waals surface area contributed by atoms with Crippen molar-refractivity contribution >= 4 is 23.4 Å². The molecule has 1 fully saturated rings. The summed E-state index contributed by atoms with van der Waals surface area (Å²) in [6, 6.07) is 8.53. The van der Waals surface area contributed by atoms with Gasteiger partial charge in [0.05, 0.1) is 13.1 Å². The lowest BCUT2D eigenvalue weighted by molar-refractivity contribution is -0.902. The van der Waals surface area contributed by atoms with Gasteiger partial charge in [-0.15, -0.1) is 0 Å². The molecule has 0 bridgehead atoms. The molecule has 3 rings (SSSR count). The van der Waals surface area contributed by atoms with Gasteiger partial charge in [-0.2, -0.15) is 13.2 Å². The van der Waals surface area contributed by atoms with Crippen LogP contribution in [0.4, 0.5) is 18.0 Å². The van der Waals surface area contributed by atoms with E-state index < -0.39 is 30.6 Å². The van der Waals surface area contributed by atoms with Gasteiger partial charge in [0.25, 0.3) is 0 Å². The van der Waals surface area contributed by atoms with Gasteiger partial charge >= 0.3 is 24.0 Å². The second-order valence-corrected chi connectivity index (χ2v) is 6.23. The molecule has 9 heteroatoms. The largest absolute Gasteiger partial charge is 0.406 e. The van der Waals surface area contributed by atoms with Crippen LogP contribution < -0.4 is 4.90 Å². The minimum Gasteiger partial charge on any atom is -0.314 e. The Balaban J connectivity index is 1.65. The van der Waals surface area contributed by atoms with Crippen molar-refractivity contribution in [1.82, 2.24) is 9.80 Å². The first-order chi connectivity index (χ1) is 12.3. The minimum atomic E-state index is -4.74. The van der Waals surface area contributed by atoms with Crippen LogP contribution in [0.15, 0.2) is 36.4 Å². The zero-order valence-corrected chi connectivity index (χ0v) is 13.8. The van der Waals surface area contributed by atoms with Crippen molar-refractivity contribution in [3.63, 3.8) is 0 Å². The van der Waals surface area contributed by atoms with Crippen molar-refractivity contribution in [2.45, 2.75) is 12.6 Å². The highest BCUT2D eigenvalue weighted by Gasteiger charge is 2.50. The lowest BCUT2D eigenvalue weighted by Gasteiger charge is -2.26. The van der Waals surface area contributed by atoms with E-state index >= 15 is 0 Å². The Kier molecular flexibility index (Phi) is 4.82. The van der Waals surface area contributed by atoms with Crippen molar-refractivity contribution in [3.05, 3.63) is 42.0 Å². The predicted molar refractivity (Wildman–Crippen MR) is 84.6 cm³/mol. The van der Waals surface area contributed by atoms with Crippen molar-refractivity contribution in [2.75, 3.05) is 26.3 Å². The third-order valence-corrected chi connectivity index (χ3v) is 4.38. The average Bonchev–Trinajstić information content (AvgIpc) is 2.80. The third-order valence-electron chi connectivity index (χ3n) is 4.38. The summed E-state index contributed by atoms with van der Waals surface area (Å²) in [6.07, 6.45) is -2.06. The summed E-state index contributed by atoms with van der Waals surface area (Å²) in [5.74, 6) is -2.63. The molecule has 4 amide bonds. The summed E-state index contributed by atoms with van der Waals surface area (Å²) in [5, 5.41) is 0. The number of rotatable bonds is 4. The number of nitrogens with one attached hydrogen (secondary N) is 1. The average molecular weight is 368 g/mol. The van der Waals surface area contributed by atoms with Crippen molar-refractivity contribution < 1.29 is 32.5 Å². The summed E-state index contributed by atoms with van der Waals surface area (Å²) in [7, 11) is 0. The van der Waals surface area contributed by atoms with E-state index in [2.05, 4.69) is 0 Å². The molecule has 1 aromatic rings. The molecule has 1 atom stereocenters. The number of carbonyl (C=O) groups is 3. The Morgan fingerprint density at radius 1 is 1.00 bits per heavy atom. The zero-order valence-electron chi connectivity index (χ0n) is 13.8. The summed E-state index contributed by atoms with van der Waals surface area (Å²) >= 11 is 0. The van der Waals surface area contributed by atoms with Gasteiger partial charge in [-0.25, -0.2) is 14.6 Å². The number of alkyl halides is 3. The normalized spacial score (nSPS) is 21.4. The van der Waals surface area contributed by atoms with Gasteiger partial charge < -0.3 is 4.90 Å². The molecule has 1 aromatic carbocycles. The quantitative estimate of drug-likeness (QED) is 0.628. The van der Waals surface area contributed by atoms with Crippen LogP contribution in [0.2, 0.25) is 0 Å². The number of benzene rings is 1. The van der Waals surface area contributed by atoms with Gasteiger partial charge in [0.15, 0.2) is 6.67 Å². The Labute approximate surface area is 147 Å². The van der Waals surface area contributed by atoms with Gasteiger partial charge in [0.2, 0.25) is 0 Å². The number of halogens is 3. The fraction of sp³-hybridized carbons (Fsp3) is 0.353. The Bertz CT molecular complexity index is 762. The Morgan fingerprint density at radius 2 is 1.65 bits per heavy atom. The topological polar surface area (TPSA) is 62.1 Å². The smallest absolute Gasteiger partial charge is 0.314 e. The van der Waals surface area contributed by atoms with Crippen LogP contribution in [-0.2, 0) is 9.59 Å². The lowest BCUT2D eigenvalue weighted by atomic mass is 10.00. The monoisotopic (exact) mass is 368 g/mol. The van der Waals surface area contributed by atoms with E-state index in [1.54, 1.807) is 0 Å². The SMILES string of the molecule is O=C1C(=O)N(CC(F)(F)F)C(=O)N1C[NH+]1CC=C(c2ccccc2)CC1. The highest BCUT2D eigenvalue weighted by atomic mass is 19.4. The first-order valence-corrected chi connectivity index (χ1v) is 8.08. The molecule has 0 spiro atoms. The summed E-state index contributed by atoms with van der Waals surface area (Å²) in [6.45, 7) is -0.767. The highest BCUT2D eigenvalue weighted by Crippen LogP contribution is 2.21. The third kappa shape index (κ3) is 3.77. The summed E-state index contributed by atoms with van der Waals surface area (Å²) in [4.78, 5) is 37.0. The van der Waals surface area contributed by atoms with Crippen LogP contribution in [0.3, 0.4) is 0 Å². The van der Waals surface area contributed by atoms with Gasteiger partial charge in [0.1, 0.15) is 6.54 Å². The van der Waals surface area contributed by atoms with E-state index in [9.17, 15) is 27.6 Å². The molecular formula is C17H17F3N3O3+. The zero-order chi connectivity index (χ0) is 18.9. The standard InChI is InChI=1S/C17H16F3N3O3/c18-17(19,20)10-22-14(24)15(25)23(16(22)26)11-21-8-6-13(7-9-21)12-4-2-1-3-5-12/h1-6H,7-11H2/p+1. The number of carbonyl (C=O) groups excluding carboxylic acids is 3. The molecule has 0 radical (unpaired) electrons. The Hall–Kier alpha value is -2.68. The molecule has 2 heterocycles. The molecule has 1 saturated heterocycles. The van der Waals surface area contributed by atoms with E-state index in [1.807, 2.05) is 36.4 Å². The molecule has 1 N–H and O–H groups in total. The molecule has 138 valence electrons. The molecular weight excluding hydrogens is 351 g/mol. The van der Waals surface area contributed by atoms with Crippen LogP contribution in [-0.4, -0.2) is 60.1 Å². The Morgan fingerprint density at radius 3 is 2.23 bits per heavy atom. The second-order valence-electron chi connectivity index (χ2n) is 6.23. The number of urea groups is 1.